The number of ether oxygens (including phenoxy) is 1. The first kappa shape index (κ1) is 13.4. The van der Waals surface area contributed by atoms with Gasteiger partial charge in [-0.15, -0.1) is 0 Å². The van der Waals surface area contributed by atoms with Crippen molar-refractivity contribution in [3.05, 3.63) is 59.2 Å². The second-order valence-corrected chi connectivity index (χ2v) is 4.82. The van der Waals surface area contributed by atoms with Crippen LogP contribution in [0.2, 0.25) is 0 Å². The summed E-state index contributed by atoms with van der Waals surface area (Å²) >= 11 is 0. The predicted octanol–water partition coefficient (Wildman–Crippen LogP) is 3.14. The second kappa shape index (κ2) is 5.42. The van der Waals surface area contributed by atoms with Crippen molar-refractivity contribution >= 4 is 17.6 Å². The van der Waals surface area contributed by atoms with Crippen molar-refractivity contribution in [3.63, 3.8) is 0 Å². The number of carbonyl (C=O) groups is 1. The molecule has 0 spiro atoms. The molecule has 0 saturated heterocycles. The fourth-order valence-corrected chi connectivity index (χ4v) is 2.51. The third-order valence-electron chi connectivity index (χ3n) is 3.42. The molecular formula is C17H15NO3. The highest BCUT2D eigenvalue weighted by molar-refractivity contribution is 6.22. The smallest absolute Gasteiger partial charge is 0.336 e. The van der Waals surface area contributed by atoms with E-state index in [-0.39, 0.29) is 5.57 Å². The number of hydrogen-bond acceptors (Lipinski definition) is 3. The predicted molar refractivity (Wildman–Crippen MR) is 81.2 cm³/mol. The highest BCUT2D eigenvalue weighted by Gasteiger charge is 2.23. The van der Waals surface area contributed by atoms with Gasteiger partial charge in [-0.2, -0.15) is 0 Å². The summed E-state index contributed by atoms with van der Waals surface area (Å²) in [6, 6.07) is 13.0. The van der Waals surface area contributed by atoms with Crippen molar-refractivity contribution in [2.24, 2.45) is 0 Å². The van der Waals surface area contributed by atoms with E-state index in [0.717, 1.165) is 11.1 Å². The summed E-state index contributed by atoms with van der Waals surface area (Å²) in [7, 11) is 1.83. The van der Waals surface area contributed by atoms with Gasteiger partial charge in [0.05, 0.1) is 5.57 Å². The minimum atomic E-state index is -0.958. The molecule has 0 aromatic heterocycles. The Labute approximate surface area is 122 Å². The van der Waals surface area contributed by atoms with E-state index in [2.05, 4.69) is 5.32 Å². The van der Waals surface area contributed by atoms with E-state index < -0.39 is 5.97 Å². The largest absolute Gasteiger partial charge is 0.478 e. The number of fused-ring (bicyclic) bond motifs is 2. The van der Waals surface area contributed by atoms with Crippen molar-refractivity contribution < 1.29 is 14.6 Å². The van der Waals surface area contributed by atoms with Crippen molar-refractivity contribution in [1.82, 2.24) is 5.32 Å². The van der Waals surface area contributed by atoms with E-state index in [0.29, 0.717) is 23.6 Å². The highest BCUT2D eigenvalue weighted by atomic mass is 16.5. The summed E-state index contributed by atoms with van der Waals surface area (Å²) in [5.41, 5.74) is 2.55. The molecule has 0 bridgehead atoms. The number of para-hydroxylation sites is 1. The van der Waals surface area contributed by atoms with Crippen molar-refractivity contribution in [3.8, 4) is 11.5 Å². The molecule has 2 aromatic carbocycles. The van der Waals surface area contributed by atoms with Gasteiger partial charge >= 0.3 is 5.97 Å². The Morgan fingerprint density at radius 2 is 1.90 bits per heavy atom. The molecule has 1 aliphatic rings. The molecule has 3 rings (SSSR count). The number of carboxylic acid groups (broad SMARTS) is 1. The van der Waals surface area contributed by atoms with E-state index in [1.165, 1.54) is 0 Å². The molecule has 0 fully saturated rings. The highest BCUT2D eigenvalue weighted by Crippen LogP contribution is 2.39. The van der Waals surface area contributed by atoms with Crippen LogP contribution in [0.25, 0.3) is 11.6 Å². The molecule has 1 aliphatic heterocycles. The standard InChI is InChI=1S/C17H15NO3/c1-18-10-12-6-4-8-15-16(12)13(17(19)20)9-11-5-2-3-7-14(11)21-15/h2-9,18H,10H2,1H3,(H,19,20). The molecule has 2 N–H and O–H groups in total. The summed E-state index contributed by atoms with van der Waals surface area (Å²) in [5.74, 6) is 0.276. The van der Waals surface area contributed by atoms with E-state index in [1.807, 2.05) is 43.4 Å². The Morgan fingerprint density at radius 1 is 1.14 bits per heavy atom. The second-order valence-electron chi connectivity index (χ2n) is 4.82. The van der Waals surface area contributed by atoms with Crippen molar-refractivity contribution in [1.29, 1.82) is 0 Å². The van der Waals surface area contributed by atoms with E-state index in [1.54, 1.807) is 12.1 Å². The minimum absolute atomic E-state index is 0.251. The quantitative estimate of drug-likeness (QED) is 0.907. The Balaban J connectivity index is 2.27. The van der Waals surface area contributed by atoms with Crippen LogP contribution in [0.5, 0.6) is 11.5 Å². The van der Waals surface area contributed by atoms with Crippen LogP contribution >= 0.6 is 0 Å². The third-order valence-corrected chi connectivity index (χ3v) is 3.42. The minimum Gasteiger partial charge on any atom is -0.478 e. The SMILES string of the molecule is CNCc1cccc2c1C(C(=O)O)=Cc1ccccc1O2. The molecular weight excluding hydrogens is 266 g/mol. The lowest BCUT2D eigenvalue weighted by atomic mass is 9.97. The molecule has 0 unspecified atom stereocenters. The molecule has 0 aliphatic carbocycles. The average Bonchev–Trinajstić information content (AvgIpc) is 2.64. The van der Waals surface area contributed by atoms with Gasteiger partial charge in [-0.05, 0) is 30.8 Å². The first-order valence-electron chi connectivity index (χ1n) is 6.69. The maximum atomic E-state index is 11.7. The van der Waals surface area contributed by atoms with Gasteiger partial charge in [0.25, 0.3) is 0 Å². The van der Waals surface area contributed by atoms with E-state index in [9.17, 15) is 9.90 Å². The topological polar surface area (TPSA) is 58.6 Å². The molecule has 4 heteroatoms. The van der Waals surface area contributed by atoms with Crippen LogP contribution in [0.15, 0.2) is 42.5 Å². The summed E-state index contributed by atoms with van der Waals surface area (Å²) in [6.07, 6.45) is 1.67. The number of aliphatic carboxylic acids is 1. The molecule has 21 heavy (non-hydrogen) atoms. The number of nitrogens with one attached hydrogen (secondary N) is 1. The van der Waals surface area contributed by atoms with Crippen LogP contribution in [-0.4, -0.2) is 18.1 Å². The summed E-state index contributed by atoms with van der Waals surface area (Å²) in [4.78, 5) is 11.7. The van der Waals surface area contributed by atoms with Gasteiger partial charge in [-0.25, -0.2) is 4.79 Å². The lowest BCUT2D eigenvalue weighted by Crippen LogP contribution is -2.10. The first-order chi connectivity index (χ1) is 10.2. The van der Waals surface area contributed by atoms with Crippen molar-refractivity contribution in [2.45, 2.75) is 6.54 Å². The van der Waals surface area contributed by atoms with Gasteiger partial charge in [0.1, 0.15) is 11.5 Å². The molecule has 0 radical (unpaired) electrons. The van der Waals surface area contributed by atoms with Crippen LogP contribution < -0.4 is 10.1 Å². The van der Waals surface area contributed by atoms with Gasteiger partial charge in [-0.3, -0.25) is 0 Å². The van der Waals surface area contributed by atoms with Crippen LogP contribution in [0.1, 0.15) is 16.7 Å². The monoisotopic (exact) mass is 281 g/mol. The Morgan fingerprint density at radius 3 is 2.67 bits per heavy atom. The molecule has 1 heterocycles. The van der Waals surface area contributed by atoms with Gasteiger partial charge in [0.2, 0.25) is 0 Å². The Bertz CT molecular complexity index is 735. The fourth-order valence-electron chi connectivity index (χ4n) is 2.51. The fraction of sp³-hybridized carbons (Fsp3) is 0.118. The lowest BCUT2D eigenvalue weighted by Gasteiger charge is -2.13. The normalized spacial score (nSPS) is 12.5. The number of benzene rings is 2. The Hall–Kier alpha value is -2.59. The molecule has 0 amide bonds. The van der Waals surface area contributed by atoms with Gasteiger partial charge in [-0.1, -0.05) is 30.3 Å². The van der Waals surface area contributed by atoms with E-state index >= 15 is 0 Å². The molecule has 0 saturated carbocycles. The van der Waals surface area contributed by atoms with Gasteiger partial charge in [0.15, 0.2) is 0 Å². The summed E-state index contributed by atoms with van der Waals surface area (Å²) < 4.78 is 5.93. The van der Waals surface area contributed by atoms with Crippen molar-refractivity contribution in [2.75, 3.05) is 7.05 Å². The maximum absolute atomic E-state index is 11.7. The van der Waals surface area contributed by atoms with Gasteiger partial charge in [0, 0.05) is 17.7 Å². The molecule has 106 valence electrons. The molecule has 2 aromatic rings. The van der Waals surface area contributed by atoms with Crippen LogP contribution in [0, 0.1) is 0 Å². The van der Waals surface area contributed by atoms with Crippen LogP contribution in [-0.2, 0) is 11.3 Å². The van der Waals surface area contributed by atoms with Crippen LogP contribution in [0.3, 0.4) is 0 Å². The van der Waals surface area contributed by atoms with E-state index in [4.69, 9.17) is 4.74 Å². The summed E-state index contributed by atoms with van der Waals surface area (Å²) in [5, 5.41) is 12.6. The number of rotatable bonds is 3. The number of carboxylic acids is 1. The van der Waals surface area contributed by atoms with Gasteiger partial charge < -0.3 is 15.2 Å². The first-order valence-corrected chi connectivity index (χ1v) is 6.69. The van der Waals surface area contributed by atoms with Crippen LogP contribution in [0.4, 0.5) is 0 Å². The third kappa shape index (κ3) is 2.41. The molecule has 0 atom stereocenters. The number of hydrogen-bond donors (Lipinski definition) is 2. The zero-order valence-corrected chi connectivity index (χ0v) is 11.6. The zero-order chi connectivity index (χ0) is 14.8. The molecule has 4 nitrogen and oxygen atoms in total. The maximum Gasteiger partial charge on any atom is 0.336 e. The zero-order valence-electron chi connectivity index (χ0n) is 11.6. The average molecular weight is 281 g/mol. The summed E-state index contributed by atoms with van der Waals surface area (Å²) in [6.45, 7) is 0.577. The Kier molecular flexibility index (Phi) is 3.46. The lowest BCUT2D eigenvalue weighted by molar-refractivity contribution is -0.130.